The molecule has 0 aromatic heterocycles. The molecule has 0 bridgehead atoms. The van der Waals surface area contributed by atoms with Crippen molar-refractivity contribution in [3.63, 3.8) is 0 Å². The van der Waals surface area contributed by atoms with Gasteiger partial charge in [0.1, 0.15) is 0 Å². The third-order valence-corrected chi connectivity index (χ3v) is 5.66. The van der Waals surface area contributed by atoms with E-state index in [1.807, 2.05) is 11.0 Å². The van der Waals surface area contributed by atoms with Gasteiger partial charge in [-0.15, -0.1) is 0 Å². The van der Waals surface area contributed by atoms with Gasteiger partial charge in [0.15, 0.2) is 5.11 Å². The summed E-state index contributed by atoms with van der Waals surface area (Å²) in [6.07, 6.45) is 0. The maximum atomic E-state index is 13.0. The predicted molar refractivity (Wildman–Crippen MR) is 141 cm³/mol. The molecule has 1 aliphatic rings. The normalized spacial score (nSPS) is 12.9. The lowest BCUT2D eigenvalue weighted by Gasteiger charge is -2.30. The molecular weight excluding hydrogens is 482 g/mol. The van der Waals surface area contributed by atoms with Crippen molar-refractivity contribution >= 4 is 51.9 Å². The zero-order valence-electron chi connectivity index (χ0n) is 19.1. The molecule has 3 aromatic rings. The molecule has 3 aromatic carbocycles. The van der Waals surface area contributed by atoms with Crippen LogP contribution in [0.25, 0.3) is 0 Å². The van der Waals surface area contributed by atoms with Gasteiger partial charge in [0.25, 0.3) is 17.5 Å². The first-order valence-corrected chi connectivity index (χ1v) is 11.5. The van der Waals surface area contributed by atoms with Crippen LogP contribution in [0.2, 0.25) is 0 Å². The number of morpholine rings is 1. The second-order valence-electron chi connectivity index (χ2n) is 7.86. The van der Waals surface area contributed by atoms with E-state index in [9.17, 15) is 19.7 Å². The third kappa shape index (κ3) is 6.20. The van der Waals surface area contributed by atoms with Gasteiger partial charge in [0, 0.05) is 42.2 Å². The van der Waals surface area contributed by atoms with Gasteiger partial charge < -0.3 is 20.3 Å². The van der Waals surface area contributed by atoms with E-state index in [1.165, 1.54) is 12.1 Å². The van der Waals surface area contributed by atoms with Crippen LogP contribution in [0.3, 0.4) is 0 Å². The summed E-state index contributed by atoms with van der Waals surface area (Å²) in [6.45, 7) is 2.13. The number of nitrogens with one attached hydrogen (secondary N) is 3. The van der Waals surface area contributed by atoms with E-state index in [4.69, 9.17) is 17.0 Å². The summed E-state index contributed by atoms with van der Waals surface area (Å²) in [6, 6.07) is 19.8. The van der Waals surface area contributed by atoms with Crippen molar-refractivity contribution in [2.24, 2.45) is 0 Å². The molecule has 0 atom stereocenters. The third-order valence-electron chi connectivity index (χ3n) is 5.45. The molecule has 10 nitrogen and oxygen atoms in total. The summed E-state index contributed by atoms with van der Waals surface area (Å²) in [5.74, 6) is -0.795. The summed E-state index contributed by atoms with van der Waals surface area (Å²) < 4.78 is 5.36. The summed E-state index contributed by atoms with van der Waals surface area (Å²) in [5, 5.41) is 19.6. The zero-order valence-corrected chi connectivity index (χ0v) is 19.9. The molecule has 184 valence electrons. The average Bonchev–Trinajstić information content (AvgIpc) is 2.90. The van der Waals surface area contributed by atoms with Crippen LogP contribution in [-0.4, -0.2) is 48.2 Å². The fourth-order valence-electron chi connectivity index (χ4n) is 3.66. The lowest BCUT2D eigenvalue weighted by Crippen LogP contribution is -2.39. The van der Waals surface area contributed by atoms with Crippen molar-refractivity contribution in [1.29, 1.82) is 0 Å². The van der Waals surface area contributed by atoms with Crippen LogP contribution in [-0.2, 0) is 4.74 Å². The number of carbonyl (C=O) groups is 2. The molecule has 3 N–H and O–H groups in total. The lowest BCUT2D eigenvalue weighted by molar-refractivity contribution is -0.384. The molecule has 0 radical (unpaired) electrons. The maximum absolute atomic E-state index is 13.0. The van der Waals surface area contributed by atoms with Crippen LogP contribution in [0.1, 0.15) is 20.7 Å². The van der Waals surface area contributed by atoms with E-state index in [1.54, 1.807) is 54.6 Å². The molecule has 1 saturated heterocycles. The van der Waals surface area contributed by atoms with Gasteiger partial charge in [-0.25, -0.2) is 0 Å². The Kier molecular flexibility index (Phi) is 7.83. The quantitative estimate of drug-likeness (QED) is 0.262. The molecular formula is C25H23N5O5S. The lowest BCUT2D eigenvalue weighted by atomic mass is 10.1. The van der Waals surface area contributed by atoms with Gasteiger partial charge in [0.2, 0.25) is 0 Å². The second kappa shape index (κ2) is 11.4. The highest BCUT2D eigenvalue weighted by Crippen LogP contribution is 2.26. The Balaban J connectivity index is 1.41. The van der Waals surface area contributed by atoms with Gasteiger partial charge in [-0.05, 0) is 54.7 Å². The monoisotopic (exact) mass is 505 g/mol. The molecule has 1 heterocycles. The number of benzene rings is 3. The number of non-ortho nitro benzene ring substituents is 1. The van der Waals surface area contributed by atoms with E-state index in [0.29, 0.717) is 48.9 Å². The highest BCUT2D eigenvalue weighted by atomic mass is 32.1. The number of nitro groups is 1. The van der Waals surface area contributed by atoms with Gasteiger partial charge in [0.05, 0.1) is 29.4 Å². The summed E-state index contributed by atoms with van der Waals surface area (Å²) in [4.78, 5) is 38.0. The highest BCUT2D eigenvalue weighted by molar-refractivity contribution is 7.80. The van der Waals surface area contributed by atoms with Gasteiger partial charge in [-0.3, -0.25) is 25.0 Å². The Morgan fingerprint density at radius 2 is 1.53 bits per heavy atom. The van der Waals surface area contributed by atoms with Crippen LogP contribution < -0.4 is 20.9 Å². The minimum atomic E-state index is -0.565. The first-order valence-electron chi connectivity index (χ1n) is 11.1. The summed E-state index contributed by atoms with van der Waals surface area (Å²) in [5.41, 5.74) is 2.25. The summed E-state index contributed by atoms with van der Waals surface area (Å²) >= 11 is 5.28. The maximum Gasteiger partial charge on any atom is 0.270 e. The molecule has 4 rings (SSSR count). The number of amides is 2. The number of ether oxygens (including phenoxy) is 1. The molecule has 2 amide bonds. The number of thiocarbonyl (C=S) groups is 1. The minimum absolute atomic E-state index is 0.0282. The predicted octanol–water partition coefficient (Wildman–Crippen LogP) is 3.81. The molecule has 0 aliphatic carbocycles. The molecule has 0 unspecified atom stereocenters. The Hall–Kier alpha value is -4.35. The van der Waals surface area contributed by atoms with Crippen LogP contribution in [0, 0.1) is 10.1 Å². The average molecular weight is 506 g/mol. The second-order valence-corrected chi connectivity index (χ2v) is 8.27. The Morgan fingerprint density at radius 3 is 2.17 bits per heavy atom. The number of nitrogens with zero attached hydrogens (tertiary/aromatic N) is 2. The number of hydrogen-bond donors (Lipinski definition) is 3. The first-order chi connectivity index (χ1) is 17.4. The van der Waals surface area contributed by atoms with Crippen LogP contribution in [0.5, 0.6) is 0 Å². The standard InChI is InChI=1S/C25H23N5O5S/c31-23(17-4-2-1-3-5-17)26-18-6-8-19(9-7-18)27-25(36)28-24(32)21-16-20(30(33)34)10-11-22(21)29-12-14-35-15-13-29/h1-11,16H,12-15H2,(H,26,31)(H2,27,28,32,36). The van der Waals surface area contributed by atoms with E-state index < -0.39 is 10.8 Å². The Labute approximate surface area is 212 Å². The van der Waals surface area contributed by atoms with Gasteiger partial charge in [-0.1, -0.05) is 18.2 Å². The van der Waals surface area contributed by atoms with Crippen LogP contribution in [0.15, 0.2) is 72.8 Å². The Bertz CT molecular complexity index is 1280. The number of nitro benzene ring substituents is 1. The van der Waals surface area contributed by atoms with Crippen molar-refractivity contribution in [1.82, 2.24) is 5.32 Å². The number of rotatable bonds is 6. The topological polar surface area (TPSA) is 126 Å². The number of anilines is 3. The van der Waals surface area contributed by atoms with Gasteiger partial charge in [-0.2, -0.15) is 0 Å². The molecule has 36 heavy (non-hydrogen) atoms. The SMILES string of the molecule is O=C(Nc1ccc(NC(=S)NC(=O)c2cc([N+](=O)[O-])ccc2N2CCOCC2)cc1)c1ccccc1. The number of carbonyl (C=O) groups excluding carboxylic acids is 2. The van der Waals surface area contributed by atoms with Crippen molar-refractivity contribution in [3.8, 4) is 0 Å². The molecule has 0 saturated carbocycles. The minimum Gasteiger partial charge on any atom is -0.378 e. The fourth-order valence-corrected chi connectivity index (χ4v) is 3.87. The number of hydrogen-bond acceptors (Lipinski definition) is 7. The van der Waals surface area contributed by atoms with E-state index >= 15 is 0 Å². The molecule has 1 fully saturated rings. The Morgan fingerprint density at radius 1 is 0.889 bits per heavy atom. The highest BCUT2D eigenvalue weighted by Gasteiger charge is 2.22. The van der Waals surface area contributed by atoms with Crippen molar-refractivity contribution < 1.29 is 19.2 Å². The molecule has 11 heteroatoms. The largest absolute Gasteiger partial charge is 0.378 e. The van der Waals surface area contributed by atoms with Crippen molar-refractivity contribution in [2.75, 3.05) is 41.8 Å². The molecule has 0 spiro atoms. The van der Waals surface area contributed by atoms with Crippen LogP contribution in [0.4, 0.5) is 22.7 Å². The smallest absolute Gasteiger partial charge is 0.270 e. The van der Waals surface area contributed by atoms with Gasteiger partial charge >= 0.3 is 0 Å². The van der Waals surface area contributed by atoms with E-state index in [2.05, 4.69) is 16.0 Å². The van der Waals surface area contributed by atoms with Crippen LogP contribution >= 0.6 is 12.2 Å². The first kappa shape index (κ1) is 24.8. The fraction of sp³-hybridized carbons (Fsp3) is 0.160. The van der Waals surface area contributed by atoms with E-state index in [-0.39, 0.29) is 22.3 Å². The molecule has 1 aliphatic heterocycles. The zero-order chi connectivity index (χ0) is 25.5. The van der Waals surface area contributed by atoms with E-state index in [0.717, 1.165) is 0 Å². The van der Waals surface area contributed by atoms with Crippen molar-refractivity contribution in [2.45, 2.75) is 0 Å². The van der Waals surface area contributed by atoms with Crippen molar-refractivity contribution in [3.05, 3.63) is 94.0 Å². The summed E-state index contributed by atoms with van der Waals surface area (Å²) in [7, 11) is 0.